The zero-order valence-electron chi connectivity index (χ0n) is 6.95. The van der Waals surface area contributed by atoms with Crippen LogP contribution in [0.25, 0.3) is 0 Å². The summed E-state index contributed by atoms with van der Waals surface area (Å²) in [5.41, 5.74) is 0. The van der Waals surface area contributed by atoms with Crippen molar-refractivity contribution in [2.45, 2.75) is 6.92 Å². The Hall–Kier alpha value is -0.750. The Bertz CT molecular complexity index is 373. The highest BCUT2D eigenvalue weighted by molar-refractivity contribution is 7.92. The second kappa shape index (κ2) is 3.97. The molecule has 0 aromatic carbocycles. The Balaban J connectivity index is 2.69. The lowest BCUT2D eigenvalue weighted by atomic mass is 10.5. The molecule has 0 radical (unpaired) electrons. The highest BCUT2D eigenvalue weighted by Gasteiger charge is 2.11. The molecule has 0 spiro atoms. The van der Waals surface area contributed by atoms with Gasteiger partial charge in [0.2, 0.25) is 10.0 Å². The molecule has 7 heteroatoms. The molecule has 0 bridgehead atoms. The number of alkyl halides is 1. The summed E-state index contributed by atoms with van der Waals surface area (Å²) in [6.07, 6.45) is 0. The molecular formula is C6H9ClN2O3S. The van der Waals surface area contributed by atoms with E-state index in [0.717, 1.165) is 0 Å². The third-order valence-electron chi connectivity index (χ3n) is 1.23. The van der Waals surface area contributed by atoms with Crippen LogP contribution in [0.4, 0.5) is 5.82 Å². The van der Waals surface area contributed by atoms with Crippen LogP contribution in [0.15, 0.2) is 10.6 Å². The van der Waals surface area contributed by atoms with Gasteiger partial charge in [-0.3, -0.25) is 4.72 Å². The molecule has 74 valence electrons. The molecule has 1 aromatic heterocycles. The van der Waals surface area contributed by atoms with Crippen molar-refractivity contribution in [1.82, 2.24) is 5.16 Å². The van der Waals surface area contributed by atoms with Gasteiger partial charge in [-0.2, -0.15) is 0 Å². The summed E-state index contributed by atoms with van der Waals surface area (Å²) in [5.74, 6) is 0.637. The molecular weight excluding hydrogens is 216 g/mol. The van der Waals surface area contributed by atoms with Crippen LogP contribution in [0.5, 0.6) is 0 Å². The third kappa shape index (κ3) is 3.23. The molecule has 5 nitrogen and oxygen atoms in total. The van der Waals surface area contributed by atoms with Crippen molar-refractivity contribution in [2.75, 3.05) is 16.4 Å². The molecule has 13 heavy (non-hydrogen) atoms. The van der Waals surface area contributed by atoms with Gasteiger partial charge in [-0.25, -0.2) is 8.42 Å². The molecule has 0 amide bonds. The lowest BCUT2D eigenvalue weighted by Gasteiger charge is -2.00. The number of nitrogens with one attached hydrogen (secondary N) is 1. The Morgan fingerprint density at radius 1 is 1.69 bits per heavy atom. The van der Waals surface area contributed by atoms with Gasteiger partial charge in [0.15, 0.2) is 5.82 Å². The molecule has 0 saturated heterocycles. The molecule has 0 aliphatic rings. The average Bonchev–Trinajstić information content (AvgIpc) is 2.34. The Labute approximate surface area is 81.1 Å². The van der Waals surface area contributed by atoms with Crippen molar-refractivity contribution in [3.8, 4) is 0 Å². The van der Waals surface area contributed by atoms with E-state index in [1.54, 1.807) is 6.92 Å². The zero-order chi connectivity index (χ0) is 9.90. The largest absolute Gasteiger partial charge is 0.360 e. The number of hydrogen-bond donors (Lipinski definition) is 1. The molecule has 0 unspecified atom stereocenters. The van der Waals surface area contributed by atoms with Gasteiger partial charge >= 0.3 is 0 Å². The SMILES string of the molecule is Cc1cc(NS(=O)(=O)CCCl)no1. The van der Waals surface area contributed by atoms with Gasteiger partial charge in [-0.05, 0) is 6.92 Å². The van der Waals surface area contributed by atoms with Crippen LogP contribution in [0.1, 0.15) is 5.76 Å². The van der Waals surface area contributed by atoms with E-state index in [2.05, 4.69) is 14.4 Å². The number of hydrogen-bond acceptors (Lipinski definition) is 4. The first-order valence-electron chi connectivity index (χ1n) is 3.53. The average molecular weight is 225 g/mol. The topological polar surface area (TPSA) is 72.2 Å². The first-order valence-corrected chi connectivity index (χ1v) is 5.72. The smallest absolute Gasteiger partial charge is 0.235 e. The van der Waals surface area contributed by atoms with E-state index in [-0.39, 0.29) is 17.5 Å². The number of aryl methyl sites for hydroxylation is 1. The highest BCUT2D eigenvalue weighted by Crippen LogP contribution is 2.09. The molecule has 1 aromatic rings. The Morgan fingerprint density at radius 3 is 2.85 bits per heavy atom. The van der Waals surface area contributed by atoms with Gasteiger partial charge < -0.3 is 4.52 Å². The Morgan fingerprint density at radius 2 is 2.38 bits per heavy atom. The van der Waals surface area contributed by atoms with E-state index in [4.69, 9.17) is 11.6 Å². The van der Waals surface area contributed by atoms with Gasteiger partial charge in [0.25, 0.3) is 0 Å². The second-order valence-corrected chi connectivity index (χ2v) is 4.65. The molecule has 0 fully saturated rings. The lowest BCUT2D eigenvalue weighted by Crippen LogP contribution is -2.17. The number of aromatic nitrogens is 1. The van der Waals surface area contributed by atoms with Crippen LogP contribution in [0.3, 0.4) is 0 Å². The van der Waals surface area contributed by atoms with Crippen LogP contribution in [-0.4, -0.2) is 25.2 Å². The molecule has 0 saturated carbocycles. The van der Waals surface area contributed by atoms with Gasteiger partial charge in [0.1, 0.15) is 5.76 Å². The molecule has 0 atom stereocenters. The maximum Gasteiger partial charge on any atom is 0.235 e. The van der Waals surface area contributed by atoms with E-state index in [1.165, 1.54) is 6.07 Å². The molecule has 0 aliphatic carbocycles. The maximum absolute atomic E-state index is 11.1. The minimum absolute atomic E-state index is 0.0478. The van der Waals surface area contributed by atoms with Crippen molar-refractivity contribution >= 4 is 27.4 Å². The lowest BCUT2D eigenvalue weighted by molar-refractivity contribution is 0.400. The zero-order valence-corrected chi connectivity index (χ0v) is 8.52. The van der Waals surface area contributed by atoms with E-state index < -0.39 is 10.0 Å². The standard InChI is InChI=1S/C6H9ClN2O3S/c1-5-4-6(8-12-5)9-13(10,11)3-2-7/h4H,2-3H2,1H3,(H,8,9). The van der Waals surface area contributed by atoms with Crippen molar-refractivity contribution < 1.29 is 12.9 Å². The first kappa shape index (κ1) is 10.3. The fourth-order valence-corrected chi connectivity index (χ4v) is 2.06. The molecule has 0 aliphatic heterocycles. The third-order valence-corrected chi connectivity index (χ3v) is 2.91. The van der Waals surface area contributed by atoms with Crippen LogP contribution in [0.2, 0.25) is 0 Å². The normalized spacial score (nSPS) is 11.5. The van der Waals surface area contributed by atoms with Crippen molar-refractivity contribution in [2.24, 2.45) is 0 Å². The Kier molecular flexibility index (Phi) is 3.16. The number of rotatable bonds is 4. The number of anilines is 1. The summed E-state index contributed by atoms with van der Waals surface area (Å²) in [5, 5.41) is 3.47. The van der Waals surface area contributed by atoms with Crippen molar-refractivity contribution in [3.05, 3.63) is 11.8 Å². The predicted octanol–water partition coefficient (Wildman–Crippen LogP) is 0.964. The fraction of sp³-hybridized carbons (Fsp3) is 0.500. The molecule has 1 N–H and O–H groups in total. The van der Waals surface area contributed by atoms with Gasteiger partial charge in [0, 0.05) is 11.9 Å². The molecule has 1 rings (SSSR count). The van der Waals surface area contributed by atoms with Crippen LogP contribution in [0, 0.1) is 6.92 Å². The van der Waals surface area contributed by atoms with Gasteiger partial charge in [-0.1, -0.05) is 5.16 Å². The van der Waals surface area contributed by atoms with Crippen molar-refractivity contribution in [3.63, 3.8) is 0 Å². The summed E-state index contributed by atoms with van der Waals surface area (Å²) in [7, 11) is -3.38. The second-order valence-electron chi connectivity index (χ2n) is 2.43. The quantitative estimate of drug-likeness (QED) is 0.774. The predicted molar refractivity (Wildman–Crippen MR) is 49.4 cm³/mol. The van der Waals surface area contributed by atoms with E-state index in [9.17, 15) is 8.42 Å². The van der Waals surface area contributed by atoms with E-state index >= 15 is 0 Å². The number of sulfonamides is 1. The van der Waals surface area contributed by atoms with Crippen LogP contribution < -0.4 is 4.72 Å². The summed E-state index contributed by atoms with van der Waals surface area (Å²) >= 11 is 5.29. The van der Waals surface area contributed by atoms with Crippen LogP contribution >= 0.6 is 11.6 Å². The minimum atomic E-state index is -3.38. The highest BCUT2D eigenvalue weighted by atomic mass is 35.5. The maximum atomic E-state index is 11.1. The monoisotopic (exact) mass is 224 g/mol. The van der Waals surface area contributed by atoms with Gasteiger partial charge in [-0.15, -0.1) is 11.6 Å². The summed E-state index contributed by atoms with van der Waals surface area (Å²) < 4.78 is 29.2. The first-order chi connectivity index (χ1) is 6.03. The van der Waals surface area contributed by atoms with Crippen LogP contribution in [-0.2, 0) is 10.0 Å². The summed E-state index contributed by atoms with van der Waals surface area (Å²) in [6.45, 7) is 1.67. The van der Waals surface area contributed by atoms with E-state index in [0.29, 0.717) is 5.76 Å². The van der Waals surface area contributed by atoms with Crippen molar-refractivity contribution in [1.29, 1.82) is 0 Å². The van der Waals surface area contributed by atoms with Gasteiger partial charge in [0.05, 0.1) is 5.75 Å². The summed E-state index contributed by atoms with van der Waals surface area (Å²) in [6, 6.07) is 1.49. The number of nitrogens with zero attached hydrogens (tertiary/aromatic N) is 1. The fourth-order valence-electron chi connectivity index (χ4n) is 0.726. The molecule has 1 heterocycles. The minimum Gasteiger partial charge on any atom is -0.360 e. The number of halogens is 1. The van der Waals surface area contributed by atoms with E-state index in [1.807, 2.05) is 0 Å². The summed E-state index contributed by atoms with van der Waals surface area (Å²) in [4.78, 5) is 0.